The van der Waals surface area contributed by atoms with Crippen molar-refractivity contribution >= 4 is 17.3 Å². The first kappa shape index (κ1) is 16.0. The van der Waals surface area contributed by atoms with Crippen molar-refractivity contribution < 1.29 is 15.1 Å². The summed E-state index contributed by atoms with van der Waals surface area (Å²) in [6, 6.07) is 3.19. The molecule has 1 aromatic carbocycles. The van der Waals surface area contributed by atoms with Gasteiger partial charge in [-0.3, -0.25) is 15.0 Å². The summed E-state index contributed by atoms with van der Waals surface area (Å²) in [6.45, 7) is 1.39. The van der Waals surface area contributed by atoms with Crippen LogP contribution in [-0.2, 0) is 6.54 Å². The van der Waals surface area contributed by atoms with E-state index in [0.717, 1.165) is 38.3 Å². The molecule has 0 aliphatic heterocycles. The molecule has 1 aliphatic carbocycles. The molecule has 2 rings (SSSR count). The Bertz CT molecular complexity index is 520. The van der Waals surface area contributed by atoms with E-state index in [0.29, 0.717) is 18.2 Å². The Labute approximate surface area is 128 Å². The highest BCUT2D eigenvalue weighted by atomic mass is 35.5. The Hall–Kier alpha value is -1.37. The molecule has 1 saturated carbocycles. The molecule has 0 bridgehead atoms. The van der Waals surface area contributed by atoms with E-state index in [1.165, 1.54) is 0 Å². The fourth-order valence-corrected chi connectivity index (χ4v) is 2.61. The van der Waals surface area contributed by atoms with Crippen LogP contribution >= 0.6 is 11.6 Å². The predicted molar refractivity (Wildman–Crippen MR) is 79.5 cm³/mol. The second-order valence-electron chi connectivity index (χ2n) is 5.32. The number of aliphatic hydroxyl groups excluding tert-OH is 1. The third-order valence-corrected chi connectivity index (χ3v) is 3.84. The number of benzene rings is 1. The van der Waals surface area contributed by atoms with Crippen LogP contribution in [0.5, 0.6) is 5.75 Å². The van der Waals surface area contributed by atoms with Crippen LogP contribution in [0.4, 0.5) is 5.69 Å². The Balaban J connectivity index is 2.14. The molecule has 7 heteroatoms. The predicted octanol–water partition coefficient (Wildman–Crippen LogP) is 2.69. The fourth-order valence-electron chi connectivity index (χ4n) is 2.38. The maximum atomic E-state index is 10.9. The lowest BCUT2D eigenvalue weighted by molar-refractivity contribution is -0.385. The van der Waals surface area contributed by atoms with Gasteiger partial charge in [0.15, 0.2) is 5.75 Å². The van der Waals surface area contributed by atoms with Gasteiger partial charge in [-0.15, -0.1) is 0 Å². The number of phenolic OH excluding ortho intramolecular Hbond substituents is 1. The van der Waals surface area contributed by atoms with Crippen LogP contribution in [0.15, 0.2) is 12.1 Å². The van der Waals surface area contributed by atoms with Crippen molar-refractivity contribution in [2.75, 3.05) is 13.2 Å². The fraction of sp³-hybridized carbons (Fsp3) is 0.571. The van der Waals surface area contributed by atoms with Crippen molar-refractivity contribution in [2.45, 2.75) is 38.3 Å². The van der Waals surface area contributed by atoms with Crippen LogP contribution in [-0.4, -0.2) is 39.2 Å². The van der Waals surface area contributed by atoms with E-state index in [-0.39, 0.29) is 23.1 Å². The molecule has 116 valence electrons. The average molecular weight is 315 g/mol. The van der Waals surface area contributed by atoms with Crippen molar-refractivity contribution in [3.63, 3.8) is 0 Å². The maximum Gasteiger partial charge on any atom is 0.312 e. The lowest BCUT2D eigenvalue weighted by Crippen LogP contribution is -2.27. The molecule has 0 saturated heterocycles. The Kier molecular flexibility index (Phi) is 5.39. The molecule has 21 heavy (non-hydrogen) atoms. The van der Waals surface area contributed by atoms with Crippen molar-refractivity contribution in [1.82, 2.24) is 4.90 Å². The van der Waals surface area contributed by atoms with Crippen molar-refractivity contribution in [3.8, 4) is 5.75 Å². The van der Waals surface area contributed by atoms with E-state index in [4.69, 9.17) is 16.7 Å². The molecule has 1 aromatic rings. The van der Waals surface area contributed by atoms with Crippen LogP contribution in [0.2, 0.25) is 5.02 Å². The first-order valence-electron chi connectivity index (χ1n) is 7.03. The van der Waals surface area contributed by atoms with Gasteiger partial charge in [0.25, 0.3) is 0 Å². The van der Waals surface area contributed by atoms with Gasteiger partial charge >= 0.3 is 5.69 Å². The van der Waals surface area contributed by atoms with Crippen LogP contribution in [0.1, 0.15) is 31.2 Å². The monoisotopic (exact) mass is 314 g/mol. The molecule has 2 N–H and O–H groups in total. The van der Waals surface area contributed by atoms with Gasteiger partial charge in [-0.1, -0.05) is 11.6 Å². The number of nitro groups is 1. The van der Waals surface area contributed by atoms with Gasteiger partial charge in [-0.25, -0.2) is 0 Å². The zero-order valence-electron chi connectivity index (χ0n) is 11.7. The minimum absolute atomic E-state index is 0.159. The smallest absolute Gasteiger partial charge is 0.312 e. The van der Waals surface area contributed by atoms with Crippen LogP contribution in [0.25, 0.3) is 0 Å². The van der Waals surface area contributed by atoms with E-state index < -0.39 is 4.92 Å². The number of nitrogens with zero attached hydrogens (tertiary/aromatic N) is 2. The van der Waals surface area contributed by atoms with Gasteiger partial charge < -0.3 is 10.2 Å². The second kappa shape index (κ2) is 7.06. The van der Waals surface area contributed by atoms with Gasteiger partial charge in [0.2, 0.25) is 0 Å². The van der Waals surface area contributed by atoms with Crippen LogP contribution in [0, 0.1) is 10.1 Å². The van der Waals surface area contributed by atoms with Crippen LogP contribution < -0.4 is 0 Å². The second-order valence-corrected chi connectivity index (χ2v) is 5.76. The lowest BCUT2D eigenvalue weighted by Gasteiger charge is -2.22. The van der Waals surface area contributed by atoms with E-state index in [1.807, 2.05) is 0 Å². The SMILES string of the molecule is O=[N+]([O-])c1cc(Cl)cc(CN(CCCCO)C2CC2)c1O. The highest BCUT2D eigenvalue weighted by Gasteiger charge is 2.30. The first-order chi connectivity index (χ1) is 10.0. The van der Waals surface area contributed by atoms with Gasteiger partial charge in [0.1, 0.15) is 0 Å². The van der Waals surface area contributed by atoms with Crippen molar-refractivity contribution in [1.29, 1.82) is 0 Å². The topological polar surface area (TPSA) is 86.8 Å². The molecular weight excluding hydrogens is 296 g/mol. The molecular formula is C14H19ClN2O4. The molecule has 6 nitrogen and oxygen atoms in total. The number of nitro benzene ring substituents is 1. The van der Waals surface area contributed by atoms with Crippen molar-refractivity contribution in [3.05, 3.63) is 32.8 Å². The molecule has 0 amide bonds. The number of aromatic hydroxyl groups is 1. The number of hydrogen-bond acceptors (Lipinski definition) is 5. The standard InChI is InChI=1S/C14H19ClN2O4/c15-11-7-10(14(19)13(8-11)17(20)21)9-16(12-3-4-12)5-1-2-6-18/h7-8,12,18-19H,1-6,9H2. The Morgan fingerprint density at radius 1 is 1.38 bits per heavy atom. The molecule has 0 aromatic heterocycles. The summed E-state index contributed by atoms with van der Waals surface area (Å²) in [5.41, 5.74) is 0.119. The summed E-state index contributed by atoms with van der Waals surface area (Å²) in [6.07, 6.45) is 3.78. The summed E-state index contributed by atoms with van der Waals surface area (Å²) in [7, 11) is 0. The summed E-state index contributed by atoms with van der Waals surface area (Å²) < 4.78 is 0. The number of hydrogen-bond donors (Lipinski definition) is 2. The Morgan fingerprint density at radius 2 is 2.10 bits per heavy atom. The number of halogens is 1. The molecule has 0 unspecified atom stereocenters. The van der Waals surface area contributed by atoms with E-state index in [9.17, 15) is 15.2 Å². The number of aliphatic hydroxyl groups is 1. The first-order valence-corrected chi connectivity index (χ1v) is 7.41. The summed E-state index contributed by atoms with van der Waals surface area (Å²) >= 11 is 5.90. The third kappa shape index (κ3) is 4.30. The number of phenols is 1. The molecule has 1 aliphatic rings. The van der Waals surface area contributed by atoms with Crippen molar-refractivity contribution in [2.24, 2.45) is 0 Å². The summed E-state index contributed by atoms with van der Waals surface area (Å²) in [4.78, 5) is 12.5. The molecule has 0 heterocycles. The minimum atomic E-state index is -0.627. The largest absolute Gasteiger partial charge is 0.502 e. The highest BCUT2D eigenvalue weighted by molar-refractivity contribution is 6.31. The number of unbranched alkanes of at least 4 members (excludes halogenated alkanes) is 1. The highest BCUT2D eigenvalue weighted by Crippen LogP contribution is 2.36. The number of rotatable bonds is 8. The average Bonchev–Trinajstić information content (AvgIpc) is 3.25. The Morgan fingerprint density at radius 3 is 2.67 bits per heavy atom. The van der Waals surface area contributed by atoms with E-state index >= 15 is 0 Å². The summed E-state index contributed by atoms with van der Waals surface area (Å²) in [5, 5.41) is 30.1. The van der Waals surface area contributed by atoms with Gasteiger partial charge in [-0.2, -0.15) is 0 Å². The van der Waals surface area contributed by atoms with Gasteiger partial charge in [0.05, 0.1) is 4.92 Å². The zero-order valence-corrected chi connectivity index (χ0v) is 12.4. The quantitative estimate of drug-likeness (QED) is 0.437. The zero-order chi connectivity index (χ0) is 15.4. The lowest BCUT2D eigenvalue weighted by atomic mass is 10.1. The van der Waals surface area contributed by atoms with Crippen LogP contribution in [0.3, 0.4) is 0 Å². The molecule has 0 spiro atoms. The third-order valence-electron chi connectivity index (χ3n) is 3.62. The van der Waals surface area contributed by atoms with Gasteiger partial charge in [-0.05, 0) is 38.3 Å². The van der Waals surface area contributed by atoms with E-state index in [1.54, 1.807) is 6.07 Å². The molecule has 0 radical (unpaired) electrons. The summed E-state index contributed by atoms with van der Waals surface area (Å²) in [5.74, 6) is -0.308. The molecule has 0 atom stereocenters. The van der Waals surface area contributed by atoms with Gasteiger partial charge in [0, 0.05) is 35.8 Å². The van der Waals surface area contributed by atoms with E-state index in [2.05, 4.69) is 4.90 Å². The maximum absolute atomic E-state index is 10.9. The normalized spacial score (nSPS) is 14.6. The molecule has 1 fully saturated rings. The minimum Gasteiger partial charge on any atom is -0.502 e.